The third kappa shape index (κ3) is 7.06. The topological polar surface area (TPSA) is 145 Å². The quantitative estimate of drug-likeness (QED) is 0.186. The molecule has 12 nitrogen and oxygen atoms in total. The second kappa shape index (κ2) is 14.8. The lowest BCUT2D eigenvalue weighted by Crippen LogP contribution is -2.26. The Balaban J connectivity index is 1.25. The number of hydrogen-bond acceptors (Lipinski definition) is 9. The van der Waals surface area contributed by atoms with Crippen molar-refractivity contribution in [2.24, 2.45) is 0 Å². The molecule has 4 aromatic rings. The van der Waals surface area contributed by atoms with Gasteiger partial charge in [0.05, 0.1) is 39.6 Å². The number of nitrogens with one attached hydrogen (secondary N) is 3. The summed E-state index contributed by atoms with van der Waals surface area (Å²) >= 11 is 0. The molecule has 46 heavy (non-hydrogen) atoms. The van der Waals surface area contributed by atoms with Crippen molar-refractivity contribution >= 4 is 23.1 Å². The van der Waals surface area contributed by atoms with E-state index in [9.17, 15) is 14.4 Å². The first kappa shape index (κ1) is 32.3. The number of aryl methyl sites for hydroxylation is 1. The third-order valence-corrected chi connectivity index (χ3v) is 8.14. The molecule has 0 saturated carbocycles. The second-order valence-corrected chi connectivity index (χ2v) is 11.2. The molecule has 5 rings (SSSR count). The van der Waals surface area contributed by atoms with Gasteiger partial charge in [-0.15, -0.1) is 10.2 Å². The highest BCUT2D eigenvalue weighted by Gasteiger charge is 2.29. The van der Waals surface area contributed by atoms with Gasteiger partial charge in [-0.3, -0.25) is 18.8 Å². The van der Waals surface area contributed by atoms with E-state index in [1.807, 2.05) is 40.9 Å². The number of rotatable bonds is 13. The minimum atomic E-state index is -0.371. The SMILES string of the molecule is COc1cc2c(c(OC)c1OC)-c1ccc(NCCCCCC(=O)NCc3nnc4ccccn34)c(=O)cc1[C@H](NC(C)=O)CC2. The number of anilines is 1. The van der Waals surface area contributed by atoms with Crippen molar-refractivity contribution in [3.05, 3.63) is 75.8 Å². The second-order valence-electron chi connectivity index (χ2n) is 11.2. The molecule has 1 atom stereocenters. The Hall–Kier alpha value is -5.13. The van der Waals surface area contributed by atoms with Crippen LogP contribution in [0.25, 0.3) is 16.8 Å². The van der Waals surface area contributed by atoms with Gasteiger partial charge in [-0.05, 0) is 72.7 Å². The van der Waals surface area contributed by atoms with Crippen LogP contribution in [0, 0.1) is 0 Å². The fourth-order valence-electron chi connectivity index (χ4n) is 5.94. The summed E-state index contributed by atoms with van der Waals surface area (Å²) in [5.41, 5.74) is 4.27. The number of hydrogen-bond donors (Lipinski definition) is 3. The molecule has 0 aliphatic heterocycles. The lowest BCUT2D eigenvalue weighted by molar-refractivity contribution is -0.121. The fraction of sp³-hybridized carbons (Fsp3) is 0.382. The normalized spacial score (nSPS) is 13.6. The van der Waals surface area contributed by atoms with Gasteiger partial charge in [0.2, 0.25) is 23.0 Å². The molecule has 2 heterocycles. The molecule has 1 aliphatic carbocycles. The molecule has 0 fully saturated rings. The first-order chi connectivity index (χ1) is 22.3. The number of nitrogens with zero attached hydrogens (tertiary/aromatic N) is 3. The van der Waals surface area contributed by atoms with Crippen LogP contribution in [0.3, 0.4) is 0 Å². The number of carbonyl (C=O) groups is 2. The summed E-state index contributed by atoms with van der Waals surface area (Å²) < 4.78 is 18.9. The van der Waals surface area contributed by atoms with Crippen LogP contribution in [-0.2, 0) is 22.6 Å². The number of benzene rings is 1. The fourth-order valence-corrected chi connectivity index (χ4v) is 5.94. The zero-order valence-corrected chi connectivity index (χ0v) is 26.6. The van der Waals surface area contributed by atoms with Crippen LogP contribution in [0.2, 0.25) is 0 Å². The van der Waals surface area contributed by atoms with Crippen molar-refractivity contribution in [2.75, 3.05) is 33.2 Å². The predicted molar refractivity (Wildman–Crippen MR) is 174 cm³/mol. The van der Waals surface area contributed by atoms with E-state index in [4.69, 9.17) is 14.2 Å². The number of carbonyl (C=O) groups excluding carboxylic acids is 2. The lowest BCUT2D eigenvalue weighted by Gasteiger charge is -2.19. The minimum Gasteiger partial charge on any atom is -0.493 e. The summed E-state index contributed by atoms with van der Waals surface area (Å²) in [5.74, 6) is 1.97. The van der Waals surface area contributed by atoms with Crippen molar-refractivity contribution in [3.63, 3.8) is 0 Å². The summed E-state index contributed by atoms with van der Waals surface area (Å²) in [6.45, 7) is 2.35. The first-order valence-electron chi connectivity index (χ1n) is 15.4. The van der Waals surface area contributed by atoms with Crippen LogP contribution in [-0.4, -0.2) is 54.3 Å². The molecule has 2 amide bonds. The zero-order chi connectivity index (χ0) is 32.6. The van der Waals surface area contributed by atoms with Gasteiger partial charge in [-0.1, -0.05) is 18.6 Å². The minimum absolute atomic E-state index is 0.0437. The molecule has 0 spiro atoms. The molecular weight excluding hydrogens is 588 g/mol. The van der Waals surface area contributed by atoms with Crippen molar-refractivity contribution in [1.29, 1.82) is 0 Å². The van der Waals surface area contributed by atoms with Gasteiger partial charge >= 0.3 is 0 Å². The Morgan fingerprint density at radius 2 is 1.80 bits per heavy atom. The standard InChI is InChI=1S/C34H40N6O6/c1-21(41)37-25-14-12-22-18-28(44-2)33(45-3)34(46-4)32(22)23-13-15-26(27(42)19-24(23)25)35-16-8-5-6-11-31(43)36-20-30-39-38-29-10-7-9-17-40(29)30/h7,9-10,13,15,17-19,25H,5-6,8,11-12,14,16,20H2,1-4H3,(H,35,42)(H,36,43)(H,37,41)/t25-/m1/s1. The van der Waals surface area contributed by atoms with Gasteiger partial charge in [-0.25, -0.2) is 0 Å². The maximum absolute atomic E-state index is 13.5. The molecule has 0 bridgehead atoms. The molecule has 242 valence electrons. The van der Waals surface area contributed by atoms with Crippen LogP contribution in [0.4, 0.5) is 5.69 Å². The van der Waals surface area contributed by atoms with E-state index < -0.39 is 0 Å². The number of unbranched alkanes of at least 4 members (excludes halogenated alkanes) is 2. The average molecular weight is 629 g/mol. The molecule has 0 saturated heterocycles. The molecule has 0 radical (unpaired) electrons. The number of fused-ring (bicyclic) bond motifs is 4. The van der Waals surface area contributed by atoms with Crippen molar-refractivity contribution < 1.29 is 23.8 Å². The lowest BCUT2D eigenvalue weighted by atomic mass is 9.95. The van der Waals surface area contributed by atoms with Gasteiger partial charge in [0.15, 0.2) is 23.0 Å². The van der Waals surface area contributed by atoms with E-state index in [-0.39, 0.29) is 23.3 Å². The Morgan fingerprint density at radius 1 is 0.978 bits per heavy atom. The molecule has 2 aromatic heterocycles. The van der Waals surface area contributed by atoms with Crippen molar-refractivity contribution in [2.45, 2.75) is 58.0 Å². The monoisotopic (exact) mass is 628 g/mol. The third-order valence-electron chi connectivity index (χ3n) is 8.14. The number of amides is 2. The highest BCUT2D eigenvalue weighted by molar-refractivity contribution is 5.83. The number of pyridine rings is 1. The largest absolute Gasteiger partial charge is 0.493 e. The van der Waals surface area contributed by atoms with Gasteiger partial charge in [-0.2, -0.15) is 0 Å². The Bertz CT molecular complexity index is 1790. The molecular formula is C34H40N6O6. The van der Waals surface area contributed by atoms with Gasteiger partial charge in [0, 0.05) is 31.6 Å². The highest BCUT2D eigenvalue weighted by Crippen LogP contribution is 2.50. The highest BCUT2D eigenvalue weighted by atomic mass is 16.5. The van der Waals surface area contributed by atoms with E-state index in [1.165, 1.54) is 6.92 Å². The van der Waals surface area contributed by atoms with E-state index >= 15 is 0 Å². The Labute approximate surface area is 267 Å². The summed E-state index contributed by atoms with van der Waals surface area (Å²) in [6, 6.07) is 12.5. The van der Waals surface area contributed by atoms with Crippen LogP contribution < -0.4 is 35.6 Å². The maximum atomic E-state index is 13.5. The van der Waals surface area contributed by atoms with Gasteiger partial charge < -0.3 is 30.2 Å². The molecule has 1 aliphatic rings. The maximum Gasteiger partial charge on any atom is 0.220 e. The molecule has 0 unspecified atom stereocenters. The van der Waals surface area contributed by atoms with Crippen molar-refractivity contribution in [3.8, 4) is 28.4 Å². The summed E-state index contributed by atoms with van der Waals surface area (Å²) in [6.07, 6.45) is 5.80. The van der Waals surface area contributed by atoms with Crippen LogP contribution >= 0.6 is 0 Å². The van der Waals surface area contributed by atoms with Gasteiger partial charge in [0.1, 0.15) is 0 Å². The average Bonchev–Trinajstić information content (AvgIpc) is 3.33. The van der Waals surface area contributed by atoms with Crippen LogP contribution in [0.5, 0.6) is 17.2 Å². The number of methoxy groups -OCH3 is 3. The molecule has 2 aromatic carbocycles. The van der Waals surface area contributed by atoms with Crippen molar-refractivity contribution in [1.82, 2.24) is 25.2 Å². The summed E-state index contributed by atoms with van der Waals surface area (Å²) in [5, 5.41) is 17.5. The molecule has 12 heteroatoms. The van der Waals surface area contributed by atoms with E-state index in [2.05, 4.69) is 26.1 Å². The van der Waals surface area contributed by atoms with Crippen LogP contribution in [0.15, 0.2) is 53.5 Å². The molecule has 3 N–H and O–H groups in total. The first-order valence-corrected chi connectivity index (χ1v) is 15.4. The van der Waals surface area contributed by atoms with Crippen LogP contribution in [0.1, 0.15) is 62.0 Å². The van der Waals surface area contributed by atoms with Gasteiger partial charge in [0.25, 0.3) is 0 Å². The summed E-state index contributed by atoms with van der Waals surface area (Å²) in [4.78, 5) is 38.0. The van der Waals surface area contributed by atoms with E-state index in [1.54, 1.807) is 33.5 Å². The smallest absolute Gasteiger partial charge is 0.220 e. The summed E-state index contributed by atoms with van der Waals surface area (Å²) in [7, 11) is 4.71. The number of ether oxygens (including phenoxy) is 3. The van der Waals surface area contributed by atoms with E-state index in [0.717, 1.165) is 41.6 Å². The Kier molecular flexibility index (Phi) is 10.4. The zero-order valence-electron chi connectivity index (χ0n) is 26.6. The Morgan fingerprint density at radius 3 is 2.57 bits per heavy atom. The van der Waals surface area contributed by atoms with E-state index in [0.29, 0.717) is 66.7 Å². The predicted octanol–water partition coefficient (Wildman–Crippen LogP) is 4.19. The number of aromatic nitrogens is 3.